The Morgan fingerprint density at radius 1 is 1.06 bits per heavy atom. The lowest BCUT2D eigenvalue weighted by atomic mass is 9.84. The minimum absolute atomic E-state index is 0.370. The molecular weight excluding hydrogens is 198 g/mol. The van der Waals surface area contributed by atoms with Gasteiger partial charge in [-0.25, -0.2) is 0 Å². The van der Waals surface area contributed by atoms with E-state index in [1.165, 1.54) is 51.4 Å². The van der Waals surface area contributed by atoms with Crippen molar-refractivity contribution in [3.63, 3.8) is 0 Å². The van der Waals surface area contributed by atoms with Crippen LogP contribution in [0.5, 0.6) is 0 Å². The largest absolute Gasteiger partial charge is 0.396 e. The molecule has 0 amide bonds. The van der Waals surface area contributed by atoms with Crippen molar-refractivity contribution in [2.45, 2.75) is 70.4 Å². The second-order valence-corrected chi connectivity index (χ2v) is 5.83. The van der Waals surface area contributed by atoms with Crippen LogP contribution >= 0.6 is 0 Å². The van der Waals surface area contributed by atoms with E-state index in [1.54, 1.807) is 0 Å². The molecule has 2 heteroatoms. The van der Waals surface area contributed by atoms with Crippen molar-refractivity contribution in [3.05, 3.63) is 0 Å². The van der Waals surface area contributed by atoms with E-state index in [0.717, 1.165) is 5.92 Å². The van der Waals surface area contributed by atoms with Crippen LogP contribution in [0.25, 0.3) is 0 Å². The summed E-state index contributed by atoms with van der Waals surface area (Å²) in [6, 6.07) is 1.23. The summed E-state index contributed by atoms with van der Waals surface area (Å²) >= 11 is 0. The number of aliphatic hydroxyl groups is 1. The highest BCUT2D eigenvalue weighted by Crippen LogP contribution is 2.30. The van der Waals surface area contributed by atoms with Gasteiger partial charge in [0.1, 0.15) is 0 Å². The lowest BCUT2D eigenvalue weighted by Gasteiger charge is -2.35. The second-order valence-electron chi connectivity index (χ2n) is 5.83. The van der Waals surface area contributed by atoms with E-state index in [0.29, 0.717) is 24.6 Å². The Labute approximate surface area is 99.8 Å². The molecule has 2 saturated carbocycles. The molecule has 0 aromatic rings. The zero-order valence-electron chi connectivity index (χ0n) is 10.6. The lowest BCUT2D eigenvalue weighted by molar-refractivity contribution is 0.140. The fourth-order valence-electron chi connectivity index (χ4n) is 3.58. The molecule has 0 bridgehead atoms. The van der Waals surface area contributed by atoms with E-state index in [9.17, 15) is 5.11 Å². The average molecular weight is 225 g/mol. The molecule has 0 radical (unpaired) electrons. The minimum Gasteiger partial charge on any atom is -0.396 e. The van der Waals surface area contributed by atoms with Crippen molar-refractivity contribution in [2.24, 2.45) is 11.8 Å². The third-order valence-corrected chi connectivity index (χ3v) is 4.73. The highest BCUT2D eigenvalue weighted by molar-refractivity contribution is 4.86. The Balaban J connectivity index is 1.81. The summed E-state index contributed by atoms with van der Waals surface area (Å²) in [6.45, 7) is 2.72. The second kappa shape index (κ2) is 6.02. The molecule has 3 atom stereocenters. The van der Waals surface area contributed by atoms with Gasteiger partial charge >= 0.3 is 0 Å². The zero-order chi connectivity index (χ0) is 11.4. The smallest absolute Gasteiger partial charge is 0.0474 e. The predicted octanol–water partition coefficient (Wildman–Crippen LogP) is 2.71. The van der Waals surface area contributed by atoms with Crippen LogP contribution in [0.15, 0.2) is 0 Å². The summed E-state index contributed by atoms with van der Waals surface area (Å²) in [7, 11) is 0. The summed E-state index contributed by atoms with van der Waals surface area (Å²) in [4.78, 5) is 0. The van der Waals surface area contributed by atoms with Gasteiger partial charge in [0.2, 0.25) is 0 Å². The van der Waals surface area contributed by atoms with Crippen molar-refractivity contribution in [1.29, 1.82) is 0 Å². The van der Waals surface area contributed by atoms with E-state index in [-0.39, 0.29) is 0 Å². The number of hydrogen-bond donors (Lipinski definition) is 2. The summed E-state index contributed by atoms with van der Waals surface area (Å²) < 4.78 is 0. The minimum atomic E-state index is 0.370. The van der Waals surface area contributed by atoms with Crippen LogP contribution in [0.3, 0.4) is 0 Å². The van der Waals surface area contributed by atoms with E-state index in [1.807, 2.05) is 0 Å². The Kier molecular flexibility index (Phi) is 4.66. The normalized spacial score (nSPS) is 34.1. The van der Waals surface area contributed by atoms with Crippen molar-refractivity contribution < 1.29 is 5.11 Å². The molecule has 16 heavy (non-hydrogen) atoms. The molecule has 2 rings (SSSR count). The van der Waals surface area contributed by atoms with Crippen molar-refractivity contribution in [2.75, 3.05) is 6.61 Å². The van der Waals surface area contributed by atoms with Gasteiger partial charge in [-0.1, -0.05) is 25.7 Å². The van der Waals surface area contributed by atoms with Crippen LogP contribution in [-0.4, -0.2) is 23.8 Å². The Morgan fingerprint density at radius 3 is 2.38 bits per heavy atom. The first-order valence-electron chi connectivity index (χ1n) is 7.18. The highest BCUT2D eigenvalue weighted by atomic mass is 16.3. The topological polar surface area (TPSA) is 32.3 Å². The molecule has 2 aliphatic carbocycles. The molecule has 0 spiro atoms. The van der Waals surface area contributed by atoms with Gasteiger partial charge in [0.05, 0.1) is 0 Å². The van der Waals surface area contributed by atoms with Crippen molar-refractivity contribution >= 4 is 0 Å². The van der Waals surface area contributed by atoms with Crippen LogP contribution in [-0.2, 0) is 0 Å². The number of hydrogen-bond acceptors (Lipinski definition) is 2. The molecule has 94 valence electrons. The first kappa shape index (κ1) is 12.4. The van der Waals surface area contributed by atoms with Crippen LogP contribution in [0.1, 0.15) is 58.3 Å². The van der Waals surface area contributed by atoms with Gasteiger partial charge in [-0.15, -0.1) is 0 Å². The van der Waals surface area contributed by atoms with Gasteiger partial charge in [0.15, 0.2) is 0 Å². The van der Waals surface area contributed by atoms with Gasteiger partial charge in [-0.2, -0.15) is 0 Å². The SMILES string of the molecule is CC(NC1CCCCC1CO)C1CCCC1. The molecular formula is C14H27NO. The predicted molar refractivity (Wildman–Crippen MR) is 67.4 cm³/mol. The monoisotopic (exact) mass is 225 g/mol. The number of aliphatic hydroxyl groups excluding tert-OH is 1. The molecule has 0 saturated heterocycles. The van der Waals surface area contributed by atoms with E-state index < -0.39 is 0 Å². The maximum absolute atomic E-state index is 9.40. The van der Waals surface area contributed by atoms with Crippen LogP contribution in [0.4, 0.5) is 0 Å². The van der Waals surface area contributed by atoms with E-state index in [2.05, 4.69) is 12.2 Å². The summed E-state index contributed by atoms with van der Waals surface area (Å²) in [5, 5.41) is 13.2. The third kappa shape index (κ3) is 2.98. The maximum atomic E-state index is 9.40. The third-order valence-electron chi connectivity index (χ3n) is 4.73. The molecule has 2 nitrogen and oxygen atoms in total. The fraction of sp³-hybridized carbons (Fsp3) is 1.00. The Bertz CT molecular complexity index is 201. The molecule has 0 aromatic heterocycles. The Morgan fingerprint density at radius 2 is 1.69 bits per heavy atom. The molecule has 0 heterocycles. The maximum Gasteiger partial charge on any atom is 0.0474 e. The Hall–Kier alpha value is -0.0800. The first-order chi connectivity index (χ1) is 7.81. The van der Waals surface area contributed by atoms with Crippen LogP contribution in [0, 0.1) is 11.8 Å². The van der Waals surface area contributed by atoms with E-state index in [4.69, 9.17) is 0 Å². The van der Waals surface area contributed by atoms with Gasteiger partial charge < -0.3 is 10.4 Å². The van der Waals surface area contributed by atoms with Gasteiger partial charge in [0.25, 0.3) is 0 Å². The molecule has 2 N–H and O–H groups in total. The highest BCUT2D eigenvalue weighted by Gasteiger charge is 2.28. The number of nitrogens with one attached hydrogen (secondary N) is 1. The van der Waals surface area contributed by atoms with Gasteiger partial charge in [-0.3, -0.25) is 0 Å². The average Bonchev–Trinajstić information content (AvgIpc) is 2.83. The van der Waals surface area contributed by atoms with E-state index >= 15 is 0 Å². The first-order valence-corrected chi connectivity index (χ1v) is 7.18. The van der Waals surface area contributed by atoms with Gasteiger partial charge in [0, 0.05) is 18.7 Å². The molecule has 3 unspecified atom stereocenters. The summed E-state index contributed by atoms with van der Waals surface area (Å²) in [5.41, 5.74) is 0. The van der Waals surface area contributed by atoms with Crippen LogP contribution in [0.2, 0.25) is 0 Å². The molecule has 0 aliphatic heterocycles. The fourth-order valence-corrected chi connectivity index (χ4v) is 3.58. The lowest BCUT2D eigenvalue weighted by Crippen LogP contribution is -2.46. The van der Waals surface area contributed by atoms with Crippen LogP contribution < -0.4 is 5.32 Å². The number of rotatable bonds is 4. The van der Waals surface area contributed by atoms with Gasteiger partial charge in [-0.05, 0) is 44.4 Å². The summed E-state index contributed by atoms with van der Waals surface area (Å²) in [5.74, 6) is 1.40. The molecule has 2 fully saturated rings. The zero-order valence-corrected chi connectivity index (χ0v) is 10.6. The standard InChI is InChI=1S/C14H27NO/c1-11(12-6-2-3-7-12)15-14-9-5-4-8-13(14)10-16/h11-16H,2-10H2,1H3. The summed E-state index contributed by atoms with van der Waals surface area (Å²) in [6.07, 6.45) is 10.8. The van der Waals surface area contributed by atoms with Crippen molar-refractivity contribution in [1.82, 2.24) is 5.32 Å². The quantitative estimate of drug-likeness (QED) is 0.771. The molecule has 2 aliphatic rings. The molecule has 0 aromatic carbocycles. The van der Waals surface area contributed by atoms with Crippen molar-refractivity contribution in [3.8, 4) is 0 Å².